The Bertz CT molecular complexity index is 1800. The number of nitrogens with zero attached hydrogens (tertiary/aromatic N) is 4. The van der Waals surface area contributed by atoms with Crippen molar-refractivity contribution in [1.29, 1.82) is 0 Å². The molecule has 2 aromatic heterocycles. The second kappa shape index (κ2) is 6.98. The molecule has 2 aliphatic heterocycles. The molecule has 2 aliphatic rings. The molecule has 180 valence electrons. The number of anilines is 2. The van der Waals surface area contributed by atoms with Crippen LogP contribution in [0.2, 0.25) is 0 Å². The zero-order valence-electron chi connectivity index (χ0n) is 19.2. The van der Waals surface area contributed by atoms with E-state index in [0.29, 0.717) is 22.2 Å². The van der Waals surface area contributed by atoms with E-state index < -0.39 is 23.6 Å². The molecule has 0 N–H and O–H groups in total. The fourth-order valence-corrected chi connectivity index (χ4v) is 5.13. The summed E-state index contributed by atoms with van der Waals surface area (Å²) in [4.78, 5) is 64.6. The maximum atomic E-state index is 13.6. The monoisotopic (exact) mass is 500 g/mol. The molecule has 4 amide bonds. The zero-order chi connectivity index (χ0) is 25.7. The number of fused-ring (bicyclic) bond motifs is 2. The lowest BCUT2D eigenvalue weighted by atomic mass is 9.86. The first-order valence-corrected chi connectivity index (χ1v) is 11.6. The summed E-state index contributed by atoms with van der Waals surface area (Å²) < 4.78 is 11.4. The minimum Gasteiger partial charge on any atom is -0.423 e. The predicted molar refractivity (Wildman–Crippen MR) is 134 cm³/mol. The molecule has 0 spiro atoms. The molecule has 0 bridgehead atoms. The molecule has 6 aromatic rings. The third kappa shape index (κ3) is 2.50. The van der Waals surface area contributed by atoms with Crippen LogP contribution in [0.3, 0.4) is 0 Å². The summed E-state index contributed by atoms with van der Waals surface area (Å²) in [5, 5.41) is 0.475. The lowest BCUT2D eigenvalue weighted by Crippen LogP contribution is -2.43. The maximum Gasteiger partial charge on any atom is 0.312 e. The highest BCUT2D eigenvalue weighted by Crippen LogP contribution is 2.40. The van der Waals surface area contributed by atoms with Crippen molar-refractivity contribution in [3.8, 4) is 0 Å². The largest absolute Gasteiger partial charge is 0.423 e. The van der Waals surface area contributed by atoms with Crippen LogP contribution in [-0.2, 0) is 0 Å². The van der Waals surface area contributed by atoms with Crippen LogP contribution in [0.15, 0.2) is 81.6 Å². The number of benzene rings is 4. The second-order valence-corrected chi connectivity index (χ2v) is 8.89. The van der Waals surface area contributed by atoms with Crippen LogP contribution in [0.1, 0.15) is 41.4 Å². The number of imide groups is 2. The summed E-state index contributed by atoms with van der Waals surface area (Å²) in [6.07, 6.45) is 0. The molecular weight excluding hydrogens is 488 g/mol. The predicted octanol–water partition coefficient (Wildman–Crippen LogP) is 4.72. The van der Waals surface area contributed by atoms with Crippen LogP contribution in [0.5, 0.6) is 0 Å². The van der Waals surface area contributed by atoms with Crippen molar-refractivity contribution in [2.24, 2.45) is 0 Å². The van der Waals surface area contributed by atoms with Gasteiger partial charge in [0.15, 0.2) is 11.2 Å². The molecule has 0 saturated heterocycles. The van der Waals surface area contributed by atoms with Gasteiger partial charge in [0.05, 0.1) is 0 Å². The molecule has 0 atom stereocenters. The van der Waals surface area contributed by atoms with Gasteiger partial charge in [0, 0.05) is 33.0 Å². The third-order valence-electron chi connectivity index (χ3n) is 6.84. The first-order valence-electron chi connectivity index (χ1n) is 11.6. The highest BCUT2D eigenvalue weighted by molar-refractivity contribution is 6.41. The topological polar surface area (TPSA) is 127 Å². The minimum atomic E-state index is -0.668. The lowest BCUT2D eigenvalue weighted by Gasteiger charge is -2.29. The van der Waals surface area contributed by atoms with Crippen molar-refractivity contribution in [3.63, 3.8) is 0 Å². The average molecular weight is 500 g/mol. The smallest absolute Gasteiger partial charge is 0.312 e. The highest BCUT2D eigenvalue weighted by Gasteiger charge is 2.43. The van der Waals surface area contributed by atoms with E-state index in [1.165, 1.54) is 24.3 Å². The Morgan fingerprint density at radius 3 is 1.16 bits per heavy atom. The van der Waals surface area contributed by atoms with Crippen molar-refractivity contribution >= 4 is 68.6 Å². The van der Waals surface area contributed by atoms with Gasteiger partial charge in [-0.1, -0.05) is 24.3 Å². The summed E-state index contributed by atoms with van der Waals surface area (Å²) in [6.45, 7) is 0. The maximum absolute atomic E-state index is 13.6. The number of rotatable bonds is 2. The lowest BCUT2D eigenvalue weighted by molar-refractivity contribution is 0.0865. The van der Waals surface area contributed by atoms with Gasteiger partial charge in [0.25, 0.3) is 23.6 Å². The van der Waals surface area contributed by atoms with Crippen LogP contribution in [0, 0.1) is 0 Å². The Labute approximate surface area is 211 Å². The van der Waals surface area contributed by atoms with Crippen molar-refractivity contribution < 1.29 is 28.0 Å². The van der Waals surface area contributed by atoms with Crippen LogP contribution >= 0.6 is 0 Å². The van der Waals surface area contributed by atoms with Gasteiger partial charge in [-0.25, -0.2) is 0 Å². The van der Waals surface area contributed by atoms with Crippen molar-refractivity contribution in [3.05, 3.63) is 95.1 Å². The second-order valence-electron chi connectivity index (χ2n) is 8.89. The van der Waals surface area contributed by atoms with Crippen LogP contribution in [0.25, 0.3) is 33.0 Å². The molecule has 4 aromatic carbocycles. The van der Waals surface area contributed by atoms with Crippen molar-refractivity contribution in [2.75, 3.05) is 9.80 Å². The molecule has 38 heavy (non-hydrogen) atoms. The van der Waals surface area contributed by atoms with Crippen molar-refractivity contribution in [2.45, 2.75) is 0 Å². The van der Waals surface area contributed by atoms with Crippen molar-refractivity contribution in [1.82, 2.24) is 9.97 Å². The zero-order valence-corrected chi connectivity index (χ0v) is 19.2. The van der Waals surface area contributed by atoms with Gasteiger partial charge in [0.2, 0.25) is 0 Å². The molecule has 8 rings (SSSR count). The van der Waals surface area contributed by atoms with E-state index in [9.17, 15) is 19.2 Å². The van der Waals surface area contributed by atoms with E-state index in [2.05, 4.69) is 9.97 Å². The number of oxazole rings is 2. The van der Waals surface area contributed by atoms with Gasteiger partial charge < -0.3 is 8.83 Å². The molecule has 0 aliphatic carbocycles. The molecule has 0 fully saturated rings. The van der Waals surface area contributed by atoms with Crippen LogP contribution < -0.4 is 9.80 Å². The van der Waals surface area contributed by atoms with E-state index in [1.54, 1.807) is 48.5 Å². The van der Waals surface area contributed by atoms with Gasteiger partial charge in [-0.2, -0.15) is 19.8 Å². The highest BCUT2D eigenvalue weighted by atomic mass is 16.4. The fraction of sp³-hybridized carbons (Fsp3) is 0. The van der Waals surface area contributed by atoms with Crippen LogP contribution in [-0.4, -0.2) is 33.6 Å². The SMILES string of the molecule is O=C1c2ccc3c4c(ccc(c24)C(=O)N1c1nc2ccccc2o1)C(=O)N(c1nc2ccccc2o1)C3=O. The first-order chi connectivity index (χ1) is 18.5. The summed E-state index contributed by atoms with van der Waals surface area (Å²) in [5.74, 6) is -2.67. The molecule has 10 nitrogen and oxygen atoms in total. The number of para-hydroxylation sites is 4. The van der Waals surface area contributed by atoms with Gasteiger partial charge in [-0.15, -0.1) is 0 Å². The molecule has 0 radical (unpaired) electrons. The number of hydrogen-bond acceptors (Lipinski definition) is 8. The Hall–Kier alpha value is -5.64. The third-order valence-corrected chi connectivity index (χ3v) is 6.84. The number of amides is 4. The molecule has 0 saturated carbocycles. The van der Waals surface area contributed by atoms with Gasteiger partial charge in [-0.3, -0.25) is 19.2 Å². The number of carbonyl (C=O) groups excluding carboxylic acids is 4. The number of aromatic nitrogens is 2. The quantitative estimate of drug-likeness (QED) is 0.313. The van der Waals surface area contributed by atoms with Gasteiger partial charge >= 0.3 is 12.0 Å². The Morgan fingerprint density at radius 1 is 0.474 bits per heavy atom. The molecule has 0 unspecified atom stereocenters. The summed E-state index contributed by atoms with van der Waals surface area (Å²) in [6, 6.07) is 19.4. The van der Waals surface area contributed by atoms with E-state index in [1.807, 2.05) is 0 Å². The Morgan fingerprint density at radius 2 is 0.816 bits per heavy atom. The number of carbonyl (C=O) groups is 4. The number of hydrogen-bond donors (Lipinski definition) is 0. The van der Waals surface area contributed by atoms with E-state index in [4.69, 9.17) is 8.83 Å². The van der Waals surface area contributed by atoms with E-state index in [-0.39, 0.29) is 45.1 Å². The van der Waals surface area contributed by atoms with E-state index in [0.717, 1.165) is 9.80 Å². The molecular formula is C28H12N4O6. The average Bonchev–Trinajstić information content (AvgIpc) is 3.54. The van der Waals surface area contributed by atoms with Crippen LogP contribution in [0.4, 0.5) is 12.0 Å². The normalized spacial score (nSPS) is 14.9. The summed E-state index contributed by atoms with van der Waals surface area (Å²) >= 11 is 0. The summed E-state index contributed by atoms with van der Waals surface area (Å²) in [5.41, 5.74) is 2.45. The molecule has 4 heterocycles. The van der Waals surface area contributed by atoms with E-state index >= 15 is 0 Å². The van der Waals surface area contributed by atoms with Gasteiger partial charge in [-0.05, 0) is 48.5 Å². The van der Waals surface area contributed by atoms with Gasteiger partial charge in [0.1, 0.15) is 11.0 Å². The first kappa shape index (κ1) is 20.5. The minimum absolute atomic E-state index is 0.151. The molecule has 10 heteroatoms. The fourth-order valence-electron chi connectivity index (χ4n) is 5.13. The Kier molecular flexibility index (Phi) is 3.77. The summed E-state index contributed by atoms with van der Waals surface area (Å²) in [7, 11) is 0. The standard InChI is InChI=1S/C28H12N4O6/c33-23-13-9-11-15-22-16(26(36)32(25(15)35)28-30-18-6-2-4-8-20(18)38-28)12-10-14(21(13)22)24(34)31(23)27-29-17-5-1-3-7-19(17)37-27/h1-12H. The Balaban J connectivity index is 1.30.